The lowest BCUT2D eigenvalue weighted by Gasteiger charge is -2.16. The van der Waals surface area contributed by atoms with Gasteiger partial charge in [-0.1, -0.05) is 0 Å². The van der Waals surface area contributed by atoms with Crippen LogP contribution in [0.25, 0.3) is 10.9 Å². The molecule has 1 aliphatic rings. The number of fused-ring (bicyclic) bond motifs is 3. The standard InChI is InChI=1S/C13H15N3O4S/c1-2-21(19,20)15-12-4-3-9(16(17)18)7-10(12)11-8-14-6-5-13(11)15/h3-4,7,14H,2,5-6,8H2,1H3. The summed E-state index contributed by atoms with van der Waals surface area (Å²) in [5.41, 5.74) is 2.08. The second kappa shape index (κ2) is 4.81. The topological polar surface area (TPSA) is 94.2 Å². The van der Waals surface area contributed by atoms with E-state index < -0.39 is 14.9 Å². The van der Waals surface area contributed by atoms with Gasteiger partial charge in [-0.25, -0.2) is 12.4 Å². The van der Waals surface area contributed by atoms with E-state index in [2.05, 4.69) is 5.32 Å². The molecule has 7 nitrogen and oxygen atoms in total. The van der Waals surface area contributed by atoms with E-state index in [1.54, 1.807) is 6.92 Å². The summed E-state index contributed by atoms with van der Waals surface area (Å²) in [4.78, 5) is 10.5. The minimum absolute atomic E-state index is 0.00631. The highest BCUT2D eigenvalue weighted by Crippen LogP contribution is 2.32. The van der Waals surface area contributed by atoms with Crippen LogP contribution in [-0.4, -0.2) is 29.6 Å². The Kier molecular flexibility index (Phi) is 3.22. The Balaban J connectivity index is 2.40. The monoisotopic (exact) mass is 309 g/mol. The van der Waals surface area contributed by atoms with Gasteiger partial charge in [-0.2, -0.15) is 0 Å². The quantitative estimate of drug-likeness (QED) is 0.683. The van der Waals surface area contributed by atoms with Crippen LogP contribution in [0.4, 0.5) is 5.69 Å². The molecule has 0 radical (unpaired) electrons. The highest BCUT2D eigenvalue weighted by molar-refractivity contribution is 7.90. The van der Waals surface area contributed by atoms with Crippen molar-refractivity contribution in [3.8, 4) is 0 Å². The van der Waals surface area contributed by atoms with Gasteiger partial charge in [0.15, 0.2) is 0 Å². The van der Waals surface area contributed by atoms with Crippen LogP contribution in [0.3, 0.4) is 0 Å². The van der Waals surface area contributed by atoms with Crippen molar-refractivity contribution < 1.29 is 13.3 Å². The highest BCUT2D eigenvalue weighted by atomic mass is 32.2. The van der Waals surface area contributed by atoms with E-state index >= 15 is 0 Å². The molecule has 1 aromatic carbocycles. The van der Waals surface area contributed by atoms with Gasteiger partial charge >= 0.3 is 0 Å². The normalized spacial score (nSPS) is 15.1. The molecular weight excluding hydrogens is 294 g/mol. The summed E-state index contributed by atoms with van der Waals surface area (Å²) in [6.07, 6.45) is 0.594. The molecule has 1 N–H and O–H groups in total. The van der Waals surface area contributed by atoms with Crippen molar-refractivity contribution in [2.45, 2.75) is 19.9 Å². The molecule has 0 saturated carbocycles. The van der Waals surface area contributed by atoms with Crippen molar-refractivity contribution in [2.75, 3.05) is 12.3 Å². The summed E-state index contributed by atoms with van der Waals surface area (Å²) in [5.74, 6) is -0.00631. The molecule has 0 amide bonds. The first-order valence-corrected chi connectivity index (χ1v) is 8.31. The molecule has 0 fully saturated rings. The van der Waals surface area contributed by atoms with Gasteiger partial charge in [-0.15, -0.1) is 0 Å². The molecule has 1 aliphatic heterocycles. The molecule has 0 bridgehead atoms. The second-order valence-corrected chi connectivity index (χ2v) is 7.08. The number of nitro benzene ring substituents is 1. The highest BCUT2D eigenvalue weighted by Gasteiger charge is 2.26. The Morgan fingerprint density at radius 3 is 2.86 bits per heavy atom. The maximum absolute atomic E-state index is 12.4. The number of nitrogens with zero attached hydrogens (tertiary/aromatic N) is 2. The van der Waals surface area contributed by atoms with Crippen LogP contribution >= 0.6 is 0 Å². The predicted molar refractivity (Wildman–Crippen MR) is 78.9 cm³/mol. The summed E-state index contributed by atoms with van der Waals surface area (Å²) < 4.78 is 26.1. The van der Waals surface area contributed by atoms with Crippen molar-refractivity contribution in [2.24, 2.45) is 0 Å². The van der Waals surface area contributed by atoms with Crippen molar-refractivity contribution in [1.29, 1.82) is 0 Å². The molecular formula is C13H15N3O4S. The van der Waals surface area contributed by atoms with Crippen LogP contribution in [0.1, 0.15) is 18.2 Å². The fourth-order valence-corrected chi connectivity index (χ4v) is 4.05. The van der Waals surface area contributed by atoms with Crippen molar-refractivity contribution in [1.82, 2.24) is 9.29 Å². The van der Waals surface area contributed by atoms with Gasteiger partial charge in [-0.05, 0) is 18.6 Å². The Labute approximate surface area is 121 Å². The number of rotatable bonds is 3. The van der Waals surface area contributed by atoms with Gasteiger partial charge in [0.2, 0.25) is 10.0 Å². The molecule has 3 rings (SSSR count). The summed E-state index contributed by atoms with van der Waals surface area (Å²) >= 11 is 0. The Morgan fingerprint density at radius 2 is 2.19 bits per heavy atom. The number of benzene rings is 1. The van der Waals surface area contributed by atoms with Gasteiger partial charge in [-0.3, -0.25) is 10.1 Å². The van der Waals surface area contributed by atoms with E-state index in [0.29, 0.717) is 30.4 Å². The van der Waals surface area contributed by atoms with Gasteiger partial charge in [0.25, 0.3) is 5.69 Å². The smallest absolute Gasteiger partial charge is 0.270 e. The van der Waals surface area contributed by atoms with E-state index in [1.165, 1.54) is 22.2 Å². The van der Waals surface area contributed by atoms with Gasteiger partial charge < -0.3 is 5.32 Å². The molecule has 8 heteroatoms. The summed E-state index contributed by atoms with van der Waals surface area (Å²) in [7, 11) is -3.44. The van der Waals surface area contributed by atoms with E-state index in [1.807, 2.05) is 0 Å². The first-order valence-electron chi connectivity index (χ1n) is 6.70. The molecule has 2 heterocycles. The average molecular weight is 309 g/mol. The number of nitrogens with one attached hydrogen (secondary N) is 1. The van der Waals surface area contributed by atoms with Crippen LogP contribution < -0.4 is 5.32 Å². The van der Waals surface area contributed by atoms with Crippen LogP contribution in [0, 0.1) is 10.1 Å². The van der Waals surface area contributed by atoms with Gasteiger partial charge in [0.05, 0.1) is 16.2 Å². The first-order chi connectivity index (χ1) is 9.95. The SMILES string of the molecule is CCS(=O)(=O)n1c2c(c3cc([N+](=O)[O-])ccc31)CNCC2. The third-order valence-corrected chi connectivity index (χ3v) is 5.51. The number of hydrogen-bond donors (Lipinski definition) is 1. The number of aromatic nitrogens is 1. The third-order valence-electron chi connectivity index (χ3n) is 3.81. The number of hydrogen-bond acceptors (Lipinski definition) is 5. The van der Waals surface area contributed by atoms with Crippen molar-refractivity contribution in [3.63, 3.8) is 0 Å². The van der Waals surface area contributed by atoms with Crippen LogP contribution in [0.5, 0.6) is 0 Å². The average Bonchev–Trinajstić information content (AvgIpc) is 2.81. The lowest BCUT2D eigenvalue weighted by atomic mass is 10.1. The lowest BCUT2D eigenvalue weighted by Crippen LogP contribution is -2.27. The van der Waals surface area contributed by atoms with Crippen LogP contribution in [0.2, 0.25) is 0 Å². The van der Waals surface area contributed by atoms with E-state index in [4.69, 9.17) is 0 Å². The van der Waals surface area contributed by atoms with Crippen molar-refractivity contribution in [3.05, 3.63) is 39.6 Å². The first kappa shape index (κ1) is 14.0. The van der Waals surface area contributed by atoms with Crippen LogP contribution in [-0.2, 0) is 23.0 Å². The van der Waals surface area contributed by atoms with Crippen molar-refractivity contribution >= 4 is 26.6 Å². The fraction of sp³-hybridized carbons (Fsp3) is 0.385. The predicted octanol–water partition coefficient (Wildman–Crippen LogP) is 1.39. The lowest BCUT2D eigenvalue weighted by molar-refractivity contribution is -0.384. The maximum atomic E-state index is 12.4. The van der Waals surface area contributed by atoms with Gasteiger partial charge in [0, 0.05) is 42.7 Å². The fourth-order valence-electron chi connectivity index (χ4n) is 2.80. The van der Waals surface area contributed by atoms with E-state index in [9.17, 15) is 18.5 Å². The summed E-state index contributed by atoms with van der Waals surface area (Å²) in [5, 5.41) is 14.8. The molecule has 1 aromatic heterocycles. The Hall–Kier alpha value is -1.93. The Morgan fingerprint density at radius 1 is 1.43 bits per heavy atom. The van der Waals surface area contributed by atoms with Crippen LogP contribution in [0.15, 0.2) is 18.2 Å². The molecule has 0 aliphatic carbocycles. The summed E-state index contributed by atoms with van der Waals surface area (Å²) in [6, 6.07) is 4.34. The zero-order chi connectivity index (χ0) is 15.2. The number of non-ortho nitro benzene ring substituents is 1. The molecule has 2 aromatic rings. The summed E-state index contributed by atoms with van der Waals surface area (Å²) in [6.45, 7) is 2.82. The van der Waals surface area contributed by atoms with E-state index in [-0.39, 0.29) is 11.4 Å². The minimum atomic E-state index is -3.44. The number of nitro groups is 1. The van der Waals surface area contributed by atoms with E-state index in [0.717, 1.165) is 11.3 Å². The third kappa shape index (κ3) is 2.11. The largest absolute Gasteiger partial charge is 0.312 e. The van der Waals surface area contributed by atoms with Gasteiger partial charge in [0.1, 0.15) is 0 Å². The Bertz CT molecular complexity index is 839. The molecule has 0 saturated heterocycles. The molecule has 21 heavy (non-hydrogen) atoms. The molecule has 112 valence electrons. The molecule has 0 spiro atoms. The zero-order valence-electron chi connectivity index (χ0n) is 11.5. The molecule has 0 unspecified atom stereocenters. The minimum Gasteiger partial charge on any atom is -0.312 e. The second-order valence-electron chi connectivity index (χ2n) is 4.98. The zero-order valence-corrected chi connectivity index (χ0v) is 12.3. The molecule has 0 atom stereocenters. The maximum Gasteiger partial charge on any atom is 0.270 e.